The Morgan fingerprint density at radius 3 is 2.26 bits per heavy atom. The minimum Gasteiger partial charge on any atom is -0.308 e. The van der Waals surface area contributed by atoms with Crippen LogP contribution in [0.2, 0.25) is 0 Å². The molecule has 0 heterocycles. The predicted molar refractivity (Wildman–Crippen MR) is 92.9 cm³/mol. The first-order valence-corrected chi connectivity index (χ1v) is 7.75. The molecule has 0 bridgehead atoms. The monoisotopic (exact) mass is 367 g/mol. The molecular weight excluding hydrogens is 345 g/mol. The lowest BCUT2D eigenvalue weighted by molar-refractivity contribution is 0.590. The maximum Gasteiger partial charge on any atom is 0.0610 e. The van der Waals surface area contributed by atoms with Crippen LogP contribution in [-0.2, 0) is 5.41 Å². The van der Waals surface area contributed by atoms with E-state index in [1.165, 1.54) is 16.8 Å². The topological polar surface area (TPSA) is 3.24 Å². The van der Waals surface area contributed by atoms with Gasteiger partial charge in [0.25, 0.3) is 0 Å². The Morgan fingerprint density at radius 1 is 1.16 bits per heavy atom. The van der Waals surface area contributed by atoms with E-state index in [4.69, 9.17) is 0 Å². The van der Waals surface area contributed by atoms with Crippen LogP contribution in [0.15, 0.2) is 48.1 Å². The zero-order valence-electron chi connectivity index (χ0n) is 12.2. The Bertz CT molecular complexity index is 491. The number of benzene rings is 1. The Kier molecular flexibility index (Phi) is 4.39. The van der Waals surface area contributed by atoms with E-state index in [1.54, 1.807) is 0 Å². The minimum absolute atomic E-state index is 0.221. The van der Waals surface area contributed by atoms with Crippen LogP contribution >= 0.6 is 22.9 Å². The molecule has 0 saturated carbocycles. The fourth-order valence-corrected chi connectivity index (χ4v) is 2.91. The minimum atomic E-state index is 0.221. The normalized spacial score (nSPS) is 19.2. The highest BCUT2D eigenvalue weighted by molar-refractivity contribution is 14.1. The summed E-state index contributed by atoms with van der Waals surface area (Å²) >= 11 is 2.42. The van der Waals surface area contributed by atoms with Crippen molar-refractivity contribution in [2.45, 2.75) is 45.6 Å². The molecule has 2 heteroatoms. The molecule has 19 heavy (non-hydrogen) atoms. The van der Waals surface area contributed by atoms with Crippen LogP contribution < -0.4 is 3.11 Å². The molecule has 1 aromatic rings. The molecule has 102 valence electrons. The van der Waals surface area contributed by atoms with Crippen molar-refractivity contribution in [1.29, 1.82) is 0 Å². The maximum atomic E-state index is 2.42. The smallest absolute Gasteiger partial charge is 0.0610 e. The van der Waals surface area contributed by atoms with Crippen LogP contribution in [0.25, 0.3) is 0 Å². The van der Waals surface area contributed by atoms with E-state index in [0.717, 1.165) is 6.42 Å². The van der Waals surface area contributed by atoms with E-state index in [0.29, 0.717) is 6.04 Å². The van der Waals surface area contributed by atoms with Gasteiger partial charge in [-0.1, -0.05) is 56.7 Å². The average molecular weight is 367 g/mol. The maximum absolute atomic E-state index is 2.42. The number of nitrogens with zero attached hydrogens (tertiary/aromatic N) is 1. The van der Waals surface area contributed by atoms with Crippen molar-refractivity contribution in [2.24, 2.45) is 0 Å². The molecule has 0 radical (unpaired) electrons. The van der Waals surface area contributed by atoms with E-state index in [1.807, 2.05) is 0 Å². The highest BCUT2D eigenvalue weighted by atomic mass is 127. The van der Waals surface area contributed by atoms with E-state index in [2.05, 4.69) is 96.2 Å². The number of halogens is 1. The summed E-state index contributed by atoms with van der Waals surface area (Å²) in [5.74, 6) is 0. The van der Waals surface area contributed by atoms with Gasteiger partial charge in [0.05, 0.1) is 28.9 Å². The average Bonchev–Trinajstić information content (AvgIpc) is 2.38. The molecule has 1 aliphatic carbocycles. The summed E-state index contributed by atoms with van der Waals surface area (Å²) < 4.78 is 2.32. The molecule has 0 amide bonds. The molecule has 1 unspecified atom stereocenters. The number of hydrogen-bond donors (Lipinski definition) is 0. The third-order valence-corrected chi connectivity index (χ3v) is 4.81. The second-order valence-corrected chi connectivity index (χ2v) is 7.26. The molecule has 1 aromatic carbocycles. The molecule has 0 N–H and O–H groups in total. The molecule has 2 rings (SSSR count). The fraction of sp³-hybridized carbons (Fsp3) is 0.412. The zero-order valence-corrected chi connectivity index (χ0v) is 14.3. The Hall–Kier alpha value is -0.770. The molecule has 1 atom stereocenters. The van der Waals surface area contributed by atoms with Crippen molar-refractivity contribution in [3.05, 3.63) is 53.6 Å². The molecule has 1 aliphatic rings. The lowest BCUT2D eigenvalue weighted by Crippen LogP contribution is -2.25. The summed E-state index contributed by atoms with van der Waals surface area (Å²) in [6, 6.07) is 9.41. The van der Waals surface area contributed by atoms with Crippen LogP contribution in [-0.4, -0.2) is 6.04 Å². The van der Waals surface area contributed by atoms with Crippen molar-refractivity contribution >= 4 is 28.6 Å². The zero-order chi connectivity index (χ0) is 14.0. The van der Waals surface area contributed by atoms with Crippen LogP contribution in [0.1, 0.15) is 39.7 Å². The second kappa shape index (κ2) is 5.70. The van der Waals surface area contributed by atoms with Crippen LogP contribution in [0.5, 0.6) is 0 Å². The summed E-state index contributed by atoms with van der Waals surface area (Å²) in [6.07, 6.45) is 7.90. The van der Waals surface area contributed by atoms with Gasteiger partial charge in [0.2, 0.25) is 0 Å². The van der Waals surface area contributed by atoms with Gasteiger partial charge >= 0.3 is 0 Å². The van der Waals surface area contributed by atoms with Crippen molar-refractivity contribution in [3.8, 4) is 0 Å². The quantitative estimate of drug-likeness (QED) is 0.499. The SMILES string of the molecule is CC1=CCC(N(I)c2ccc(C(C)(C)C)cc2)C=C1. The molecule has 0 spiro atoms. The standard InChI is InChI=1S/C17H22IN/c1-13-5-9-15(10-6-13)19(18)16-11-7-14(8-12-16)17(2,3)4/h5-9,11-12,15H,10H2,1-4H3. The van der Waals surface area contributed by atoms with Crippen molar-refractivity contribution < 1.29 is 0 Å². The second-order valence-electron chi connectivity index (χ2n) is 6.22. The van der Waals surface area contributed by atoms with Crippen LogP contribution in [0.3, 0.4) is 0 Å². The summed E-state index contributed by atoms with van der Waals surface area (Å²) in [6.45, 7) is 8.91. The van der Waals surface area contributed by atoms with Gasteiger partial charge in [-0.3, -0.25) is 0 Å². The van der Waals surface area contributed by atoms with Gasteiger partial charge in [0, 0.05) is 5.69 Å². The highest BCUT2D eigenvalue weighted by Gasteiger charge is 2.17. The number of anilines is 1. The van der Waals surface area contributed by atoms with E-state index < -0.39 is 0 Å². The Morgan fingerprint density at radius 2 is 1.79 bits per heavy atom. The molecule has 0 fully saturated rings. The molecule has 0 saturated heterocycles. The van der Waals surface area contributed by atoms with Gasteiger partial charge in [-0.05, 0) is 36.5 Å². The molecule has 1 nitrogen and oxygen atoms in total. The van der Waals surface area contributed by atoms with Gasteiger partial charge in [-0.2, -0.15) is 0 Å². The number of allylic oxidation sites excluding steroid dienone is 2. The molecule has 0 aromatic heterocycles. The van der Waals surface area contributed by atoms with Crippen LogP contribution in [0.4, 0.5) is 5.69 Å². The summed E-state index contributed by atoms with van der Waals surface area (Å²) in [4.78, 5) is 0. The van der Waals surface area contributed by atoms with Crippen molar-refractivity contribution in [2.75, 3.05) is 3.11 Å². The van der Waals surface area contributed by atoms with Crippen LogP contribution in [0, 0.1) is 0 Å². The largest absolute Gasteiger partial charge is 0.308 e. The first kappa shape index (κ1) is 14.6. The molecule has 0 aliphatic heterocycles. The van der Waals surface area contributed by atoms with Gasteiger partial charge in [0.1, 0.15) is 0 Å². The number of rotatable bonds is 2. The van der Waals surface area contributed by atoms with Gasteiger partial charge in [-0.25, -0.2) is 0 Å². The third-order valence-electron chi connectivity index (χ3n) is 3.53. The van der Waals surface area contributed by atoms with Gasteiger partial charge in [0.15, 0.2) is 0 Å². The summed E-state index contributed by atoms with van der Waals surface area (Å²) in [5.41, 5.74) is 4.25. The number of hydrogen-bond acceptors (Lipinski definition) is 1. The van der Waals surface area contributed by atoms with E-state index >= 15 is 0 Å². The summed E-state index contributed by atoms with van der Waals surface area (Å²) in [5, 5.41) is 0. The van der Waals surface area contributed by atoms with Crippen molar-refractivity contribution in [1.82, 2.24) is 0 Å². The lowest BCUT2D eigenvalue weighted by Gasteiger charge is -2.27. The summed E-state index contributed by atoms with van der Waals surface area (Å²) in [7, 11) is 0. The Labute approximate surface area is 130 Å². The van der Waals surface area contributed by atoms with Gasteiger partial charge in [-0.15, -0.1) is 0 Å². The van der Waals surface area contributed by atoms with E-state index in [9.17, 15) is 0 Å². The third kappa shape index (κ3) is 3.62. The predicted octanol–water partition coefficient (Wildman–Crippen LogP) is 5.42. The Balaban J connectivity index is 2.12. The first-order valence-electron chi connectivity index (χ1n) is 6.78. The van der Waals surface area contributed by atoms with Crippen molar-refractivity contribution in [3.63, 3.8) is 0 Å². The molecular formula is C17H22IN. The highest BCUT2D eigenvalue weighted by Crippen LogP contribution is 2.29. The van der Waals surface area contributed by atoms with E-state index in [-0.39, 0.29) is 5.41 Å². The van der Waals surface area contributed by atoms with Gasteiger partial charge < -0.3 is 3.11 Å². The fourth-order valence-electron chi connectivity index (χ4n) is 2.18. The first-order chi connectivity index (χ1) is 8.88. The lowest BCUT2D eigenvalue weighted by atomic mass is 9.87.